The molecule has 0 spiro atoms. The van der Waals surface area contributed by atoms with Crippen molar-refractivity contribution >= 4 is 41.1 Å². The molecule has 2 heterocycles. The summed E-state index contributed by atoms with van der Waals surface area (Å²) >= 11 is 0. The van der Waals surface area contributed by atoms with Crippen LogP contribution in [0.3, 0.4) is 0 Å². The van der Waals surface area contributed by atoms with Gasteiger partial charge in [-0.25, -0.2) is 9.79 Å². The Hall–Kier alpha value is -4.56. The molecule has 2 aromatic carbocycles. The molecule has 13 nitrogen and oxygen atoms in total. The van der Waals surface area contributed by atoms with Gasteiger partial charge in [-0.15, -0.1) is 0 Å². The maximum absolute atomic E-state index is 12.4. The SMILES string of the molecule is NC1=N[C@H](/C(=C\C(=O)O)[C@@H](C[C@H]2CCc3cc4ccc(CC=O)cc4cc3[C@@H]2CCC[C@@H](N)CC[C@H](C=O)CCC(O)O)Nc2ccc[nH]2)C[C@H](CO)N1. The molecule has 54 heavy (non-hydrogen) atoms. The molecule has 11 N–H and O–H groups in total. The molecule has 0 fully saturated rings. The fourth-order valence-corrected chi connectivity index (χ4v) is 8.37. The van der Waals surface area contributed by atoms with Crippen molar-refractivity contribution in [3.05, 3.63) is 77.0 Å². The van der Waals surface area contributed by atoms with E-state index in [0.29, 0.717) is 44.1 Å². The minimum atomic E-state index is -1.43. The van der Waals surface area contributed by atoms with Gasteiger partial charge >= 0.3 is 5.97 Å². The van der Waals surface area contributed by atoms with Gasteiger partial charge < -0.3 is 57.1 Å². The molecule has 0 radical (unpaired) electrons. The molecule has 1 aliphatic heterocycles. The molecular weight excluding hydrogens is 688 g/mol. The maximum atomic E-state index is 12.4. The van der Waals surface area contributed by atoms with Gasteiger partial charge in [-0.05, 0) is 121 Å². The lowest BCUT2D eigenvalue weighted by Gasteiger charge is -2.39. The summed E-state index contributed by atoms with van der Waals surface area (Å²) in [5.41, 5.74) is 16.8. The molecule has 0 unspecified atom stereocenters. The van der Waals surface area contributed by atoms with Crippen LogP contribution >= 0.6 is 0 Å². The van der Waals surface area contributed by atoms with Crippen LogP contribution in [0.4, 0.5) is 5.82 Å². The summed E-state index contributed by atoms with van der Waals surface area (Å²) in [6, 6.07) is 13.0. The zero-order chi connectivity index (χ0) is 38.6. The van der Waals surface area contributed by atoms with Gasteiger partial charge in [0.1, 0.15) is 18.4 Å². The van der Waals surface area contributed by atoms with E-state index in [-0.39, 0.29) is 48.8 Å². The lowest BCUT2D eigenvalue weighted by atomic mass is 9.69. The van der Waals surface area contributed by atoms with E-state index < -0.39 is 24.3 Å². The van der Waals surface area contributed by atoms with Crippen molar-refractivity contribution < 1.29 is 34.8 Å². The van der Waals surface area contributed by atoms with Gasteiger partial charge in [0.15, 0.2) is 12.2 Å². The zero-order valence-corrected chi connectivity index (χ0v) is 30.8. The molecule has 5 rings (SSSR count). The second-order valence-electron chi connectivity index (χ2n) is 15.0. The number of carboxylic acid groups (broad SMARTS) is 1. The van der Waals surface area contributed by atoms with Crippen LogP contribution in [0.1, 0.15) is 86.8 Å². The fourth-order valence-electron chi connectivity index (χ4n) is 8.37. The molecule has 292 valence electrons. The number of guanidine groups is 1. The molecule has 0 bridgehead atoms. The Morgan fingerprint density at radius 1 is 1.06 bits per heavy atom. The first-order chi connectivity index (χ1) is 26.1. The van der Waals surface area contributed by atoms with Gasteiger partial charge in [0.2, 0.25) is 0 Å². The normalized spacial score (nSPS) is 21.8. The number of aromatic amines is 1. The smallest absolute Gasteiger partial charge is 0.328 e. The lowest BCUT2D eigenvalue weighted by molar-refractivity contribution is -0.131. The number of anilines is 1. The van der Waals surface area contributed by atoms with Crippen LogP contribution in [0.2, 0.25) is 0 Å². The first kappa shape index (κ1) is 40.6. The van der Waals surface area contributed by atoms with Gasteiger partial charge in [-0.1, -0.05) is 36.8 Å². The number of aromatic nitrogens is 1. The van der Waals surface area contributed by atoms with Crippen LogP contribution in [-0.4, -0.2) is 87.0 Å². The van der Waals surface area contributed by atoms with Crippen molar-refractivity contribution in [3.8, 4) is 0 Å². The number of carbonyl (C=O) groups is 3. The van der Waals surface area contributed by atoms with Gasteiger partial charge in [0.25, 0.3) is 0 Å². The summed E-state index contributed by atoms with van der Waals surface area (Å²) in [6.45, 7) is -0.171. The molecule has 1 aliphatic carbocycles. The van der Waals surface area contributed by atoms with Gasteiger partial charge in [-0.2, -0.15) is 0 Å². The summed E-state index contributed by atoms with van der Waals surface area (Å²) in [4.78, 5) is 43.1. The number of H-pyrrole nitrogens is 1. The predicted octanol–water partition coefficient (Wildman–Crippen LogP) is 3.66. The van der Waals surface area contributed by atoms with E-state index in [0.717, 1.165) is 66.8 Å². The molecule has 3 aromatic rings. The van der Waals surface area contributed by atoms with E-state index in [2.05, 4.69) is 44.9 Å². The number of aliphatic imine (C=N–C) groups is 1. The van der Waals surface area contributed by atoms with E-state index in [1.165, 1.54) is 17.2 Å². The number of aldehydes is 2. The number of nitrogens with zero attached hydrogens (tertiary/aromatic N) is 1. The number of benzene rings is 2. The van der Waals surface area contributed by atoms with E-state index >= 15 is 0 Å². The molecule has 0 saturated carbocycles. The number of nitrogens with two attached hydrogens (primary N) is 2. The van der Waals surface area contributed by atoms with Gasteiger partial charge in [-0.3, -0.25) is 0 Å². The monoisotopic (exact) mass is 744 g/mol. The van der Waals surface area contributed by atoms with Crippen LogP contribution < -0.4 is 22.1 Å². The van der Waals surface area contributed by atoms with Crippen molar-refractivity contribution in [1.82, 2.24) is 10.3 Å². The first-order valence-electron chi connectivity index (χ1n) is 19.2. The third-order valence-electron chi connectivity index (χ3n) is 11.1. The Morgan fingerprint density at radius 3 is 2.57 bits per heavy atom. The number of aliphatic hydroxyl groups is 3. The maximum Gasteiger partial charge on any atom is 0.328 e. The van der Waals surface area contributed by atoms with Crippen LogP contribution in [-0.2, 0) is 27.2 Å². The molecule has 13 heteroatoms. The van der Waals surface area contributed by atoms with Crippen LogP contribution in [0.15, 0.2) is 65.3 Å². The third kappa shape index (κ3) is 11.2. The number of nitrogens with one attached hydrogen (secondary N) is 3. The van der Waals surface area contributed by atoms with Crippen molar-refractivity contribution in [1.29, 1.82) is 0 Å². The van der Waals surface area contributed by atoms with Gasteiger partial charge in [0, 0.05) is 30.7 Å². The van der Waals surface area contributed by atoms with E-state index in [1.807, 2.05) is 24.4 Å². The number of carbonyl (C=O) groups excluding carboxylic acids is 2. The standard InChI is InChI=1S/C41H56N6O7/c42-31(12-7-26(23-49)8-13-39(51)52)3-1-4-33-29(11-10-28-18-27-9-6-25(14-16-48)17-30(27)19-34(28)33)20-36(46-38-5-2-15-44-38)35(22-40(53)54)37-21-32(24-50)45-41(43)47-37/h2,5-6,9,15-19,22-23,26,29,31-33,36-37,39,44,46,50-52H,1,3-4,7-8,10-14,20-21,24,42H2,(H,53,54)(H3,43,45,47)/b35-22-/t26-,29+,31+,32+,33+,36+,37-/m0/s1. The third-order valence-corrected chi connectivity index (χ3v) is 11.1. The minimum absolute atomic E-state index is 0.120. The predicted molar refractivity (Wildman–Crippen MR) is 209 cm³/mol. The quantitative estimate of drug-likeness (QED) is 0.0434. The Bertz CT molecular complexity index is 1760. The average molecular weight is 745 g/mol. The largest absolute Gasteiger partial charge is 0.478 e. The minimum Gasteiger partial charge on any atom is -0.478 e. The number of fused-ring (bicyclic) bond motifs is 2. The molecular formula is C41H56N6O7. The number of aryl methyl sites for hydroxylation is 1. The molecule has 0 saturated heterocycles. The van der Waals surface area contributed by atoms with Crippen LogP contribution in [0, 0.1) is 11.8 Å². The highest BCUT2D eigenvalue weighted by atomic mass is 16.5. The molecule has 1 aromatic heterocycles. The Labute approximate surface area is 316 Å². The summed E-state index contributed by atoms with van der Waals surface area (Å²) in [5.74, 6) is -0.177. The lowest BCUT2D eigenvalue weighted by Crippen LogP contribution is -2.49. The van der Waals surface area contributed by atoms with E-state index in [4.69, 9.17) is 11.5 Å². The Balaban J connectivity index is 1.44. The summed E-state index contributed by atoms with van der Waals surface area (Å²) in [6.07, 6.45) is 10.7. The molecule has 0 amide bonds. The highest BCUT2D eigenvalue weighted by Gasteiger charge is 2.36. The van der Waals surface area contributed by atoms with Crippen molar-refractivity contribution in [3.63, 3.8) is 0 Å². The summed E-state index contributed by atoms with van der Waals surface area (Å²) < 4.78 is 0. The number of carboxylic acids is 1. The summed E-state index contributed by atoms with van der Waals surface area (Å²) in [7, 11) is 0. The zero-order valence-electron chi connectivity index (χ0n) is 30.8. The number of aliphatic carboxylic acids is 1. The second kappa shape index (κ2) is 19.7. The topological polar surface area (TPSA) is 236 Å². The average Bonchev–Trinajstić information content (AvgIpc) is 3.66. The number of rotatable bonds is 21. The van der Waals surface area contributed by atoms with Gasteiger partial charge in [0.05, 0.1) is 24.7 Å². The molecule has 2 aliphatic rings. The number of hydrogen-bond acceptors (Lipinski definition) is 11. The van der Waals surface area contributed by atoms with Crippen LogP contribution in [0.5, 0.6) is 0 Å². The Morgan fingerprint density at radius 2 is 1.87 bits per heavy atom. The Kier molecular flexibility index (Phi) is 14.8. The highest BCUT2D eigenvalue weighted by molar-refractivity contribution is 5.86. The summed E-state index contributed by atoms with van der Waals surface area (Å²) in [5, 5.41) is 47.3. The highest BCUT2D eigenvalue weighted by Crippen LogP contribution is 2.44. The second-order valence-corrected chi connectivity index (χ2v) is 15.0. The van der Waals surface area contributed by atoms with E-state index in [1.54, 1.807) is 0 Å². The fraction of sp³-hybridized carbons (Fsp3) is 0.512. The van der Waals surface area contributed by atoms with Crippen molar-refractivity contribution in [2.24, 2.45) is 28.3 Å². The van der Waals surface area contributed by atoms with Crippen LogP contribution in [0.25, 0.3) is 10.8 Å². The van der Waals surface area contributed by atoms with E-state index in [9.17, 15) is 34.8 Å². The molecule has 7 atom stereocenters. The first-order valence-corrected chi connectivity index (χ1v) is 19.2. The number of hydrogen-bond donors (Lipinski definition) is 9. The number of aliphatic hydroxyl groups excluding tert-OH is 2. The van der Waals surface area contributed by atoms with Crippen molar-refractivity contribution in [2.75, 3.05) is 11.9 Å². The van der Waals surface area contributed by atoms with Crippen molar-refractivity contribution in [2.45, 2.75) is 113 Å².